The Balaban J connectivity index is 1.41. The first kappa shape index (κ1) is 17.5. The summed E-state index contributed by atoms with van der Waals surface area (Å²) in [6.45, 7) is 2.32. The number of allylic oxidation sites excluding steroid dienone is 1. The lowest BCUT2D eigenvalue weighted by molar-refractivity contribution is -0.0707. The monoisotopic (exact) mass is 378 g/mol. The lowest BCUT2D eigenvalue weighted by Gasteiger charge is -2.55. The van der Waals surface area contributed by atoms with E-state index in [1.54, 1.807) is 0 Å². The van der Waals surface area contributed by atoms with Crippen LogP contribution < -0.4 is 0 Å². The quantitative estimate of drug-likeness (QED) is 0.455. The molecule has 140 valence electrons. The van der Waals surface area contributed by atoms with Crippen LogP contribution in [0.4, 0.5) is 0 Å². The topological polar surface area (TPSA) is 20.2 Å². The minimum absolute atomic E-state index is 0.00289. The zero-order valence-corrected chi connectivity index (χ0v) is 17.3. The fraction of sp³-hybridized carbons (Fsp3) is 0.909. The molecule has 1 heterocycles. The van der Waals surface area contributed by atoms with E-state index in [0.29, 0.717) is 10.2 Å². The van der Waals surface area contributed by atoms with Crippen LogP contribution in [0.3, 0.4) is 0 Å². The molecule has 3 heteroatoms. The van der Waals surface area contributed by atoms with Gasteiger partial charge < -0.3 is 5.11 Å². The average Bonchev–Trinajstić information content (AvgIpc) is 3.20. The van der Waals surface area contributed by atoms with E-state index in [0.717, 1.165) is 30.1 Å². The van der Waals surface area contributed by atoms with Crippen molar-refractivity contribution < 1.29 is 5.11 Å². The summed E-state index contributed by atoms with van der Waals surface area (Å²) in [4.78, 5) is 0. The van der Waals surface area contributed by atoms with Gasteiger partial charge in [-0.1, -0.05) is 46.6 Å². The predicted octanol–water partition coefficient (Wildman–Crippen LogP) is 6.22. The van der Waals surface area contributed by atoms with Gasteiger partial charge in [-0.25, -0.2) is 0 Å². The molecule has 0 aromatic rings. The van der Waals surface area contributed by atoms with Gasteiger partial charge in [0.2, 0.25) is 0 Å². The molecule has 0 aromatic carbocycles. The SMILES string of the molecule is CCC[C@]12CC[C@H]3[C@@H](CCC4=CC5(CCSS5)CC[C@@H]43)[C@@H]1CC[C@@H]2O. The van der Waals surface area contributed by atoms with Gasteiger partial charge in [0.25, 0.3) is 0 Å². The maximum Gasteiger partial charge on any atom is 0.0599 e. The predicted molar refractivity (Wildman–Crippen MR) is 110 cm³/mol. The van der Waals surface area contributed by atoms with Crippen molar-refractivity contribution in [1.29, 1.82) is 0 Å². The standard InChI is InChI=1S/C22H34OS2/c1-2-9-22-11-8-17-16-7-10-21(12-13-24-25-21)14-15(16)3-4-18(17)19(22)5-6-20(22)23/h14,16-20,23H,2-13H2,1H3/t16-,17+,18+,19-,20-,21?,22-/m0/s1. The zero-order valence-electron chi connectivity index (χ0n) is 15.7. The number of hydrogen-bond acceptors (Lipinski definition) is 3. The maximum atomic E-state index is 10.9. The number of rotatable bonds is 2. The number of aliphatic hydroxyl groups is 1. The summed E-state index contributed by atoms with van der Waals surface area (Å²) in [7, 11) is 4.28. The van der Waals surface area contributed by atoms with E-state index in [1.165, 1.54) is 70.0 Å². The molecule has 0 radical (unpaired) electrons. The van der Waals surface area contributed by atoms with Crippen molar-refractivity contribution in [2.75, 3.05) is 5.75 Å². The van der Waals surface area contributed by atoms with Gasteiger partial charge in [-0.3, -0.25) is 0 Å². The molecule has 4 aliphatic carbocycles. The van der Waals surface area contributed by atoms with Crippen molar-refractivity contribution in [2.45, 2.75) is 88.4 Å². The van der Waals surface area contributed by atoms with Crippen molar-refractivity contribution >= 4 is 21.6 Å². The van der Waals surface area contributed by atoms with Gasteiger partial charge in [0.1, 0.15) is 0 Å². The van der Waals surface area contributed by atoms with E-state index in [-0.39, 0.29) is 6.10 Å². The minimum Gasteiger partial charge on any atom is -0.393 e. The third-order valence-corrected chi connectivity index (χ3v) is 12.0. The number of fused-ring (bicyclic) bond motifs is 5. The van der Waals surface area contributed by atoms with Crippen LogP contribution in [0.5, 0.6) is 0 Å². The molecule has 1 unspecified atom stereocenters. The van der Waals surface area contributed by atoms with Crippen LogP contribution in [0.1, 0.15) is 77.6 Å². The Morgan fingerprint density at radius 3 is 2.80 bits per heavy atom. The van der Waals surface area contributed by atoms with Crippen LogP contribution in [-0.4, -0.2) is 21.7 Å². The summed E-state index contributed by atoms with van der Waals surface area (Å²) in [6.07, 6.45) is 17.5. The van der Waals surface area contributed by atoms with Crippen molar-refractivity contribution in [2.24, 2.45) is 29.1 Å². The van der Waals surface area contributed by atoms with Crippen molar-refractivity contribution in [3.05, 3.63) is 11.6 Å². The second-order valence-electron chi connectivity index (χ2n) is 9.67. The Kier molecular flexibility index (Phi) is 4.54. The molecule has 1 saturated heterocycles. The summed E-state index contributed by atoms with van der Waals surface area (Å²) < 4.78 is 0.507. The Morgan fingerprint density at radius 1 is 1.08 bits per heavy atom. The van der Waals surface area contributed by atoms with E-state index >= 15 is 0 Å². The molecular formula is C22H34OS2. The lowest BCUT2D eigenvalue weighted by Crippen LogP contribution is -2.49. The van der Waals surface area contributed by atoms with Gasteiger partial charge in [-0.05, 0) is 93.3 Å². The molecule has 4 fully saturated rings. The number of aliphatic hydroxyl groups excluding tert-OH is 1. The first-order chi connectivity index (χ1) is 12.2. The molecule has 0 aromatic heterocycles. The van der Waals surface area contributed by atoms with E-state index in [1.807, 2.05) is 5.57 Å². The average molecular weight is 379 g/mol. The maximum absolute atomic E-state index is 10.9. The lowest BCUT2D eigenvalue weighted by atomic mass is 9.50. The third-order valence-electron chi connectivity index (χ3n) is 8.80. The van der Waals surface area contributed by atoms with Crippen LogP contribution >= 0.6 is 21.6 Å². The van der Waals surface area contributed by atoms with Gasteiger partial charge in [-0.15, -0.1) is 0 Å². The van der Waals surface area contributed by atoms with Gasteiger partial charge in [-0.2, -0.15) is 0 Å². The van der Waals surface area contributed by atoms with Crippen molar-refractivity contribution in [1.82, 2.24) is 0 Å². The van der Waals surface area contributed by atoms with Crippen LogP contribution in [0.2, 0.25) is 0 Å². The Labute approximate surface area is 161 Å². The van der Waals surface area contributed by atoms with Crippen molar-refractivity contribution in [3.63, 3.8) is 0 Å². The Morgan fingerprint density at radius 2 is 2.00 bits per heavy atom. The molecule has 1 aliphatic heterocycles. The third kappa shape index (κ3) is 2.62. The van der Waals surface area contributed by atoms with Gasteiger partial charge in [0, 0.05) is 10.5 Å². The highest BCUT2D eigenvalue weighted by Gasteiger charge is 2.58. The minimum atomic E-state index is -0.00289. The first-order valence-corrected chi connectivity index (χ1v) is 13.2. The smallest absolute Gasteiger partial charge is 0.0599 e. The van der Waals surface area contributed by atoms with Crippen LogP contribution in [-0.2, 0) is 0 Å². The highest BCUT2D eigenvalue weighted by molar-refractivity contribution is 8.77. The van der Waals surface area contributed by atoms with Gasteiger partial charge >= 0.3 is 0 Å². The van der Waals surface area contributed by atoms with E-state index < -0.39 is 0 Å². The fourth-order valence-corrected chi connectivity index (χ4v) is 11.1. The first-order valence-electron chi connectivity index (χ1n) is 10.9. The zero-order chi connectivity index (χ0) is 17.1. The molecule has 1 nitrogen and oxygen atoms in total. The highest BCUT2D eigenvalue weighted by atomic mass is 33.1. The van der Waals surface area contributed by atoms with E-state index in [2.05, 4.69) is 34.6 Å². The van der Waals surface area contributed by atoms with Crippen molar-refractivity contribution in [3.8, 4) is 0 Å². The number of hydrogen-bond donors (Lipinski definition) is 1. The largest absolute Gasteiger partial charge is 0.393 e. The molecule has 25 heavy (non-hydrogen) atoms. The van der Waals surface area contributed by atoms with Gasteiger partial charge in [0.15, 0.2) is 0 Å². The fourth-order valence-electron chi connectivity index (χ4n) is 7.82. The molecule has 7 atom stereocenters. The molecule has 5 rings (SSSR count). The molecule has 0 amide bonds. The van der Waals surface area contributed by atoms with Gasteiger partial charge in [0.05, 0.1) is 6.10 Å². The van der Waals surface area contributed by atoms with E-state index in [4.69, 9.17) is 0 Å². The molecule has 0 bridgehead atoms. The molecule has 5 aliphatic rings. The molecule has 1 spiro atoms. The van der Waals surface area contributed by atoms with Crippen LogP contribution in [0.25, 0.3) is 0 Å². The Hall–Kier alpha value is 0.400. The highest BCUT2D eigenvalue weighted by Crippen LogP contribution is 2.65. The van der Waals surface area contributed by atoms with E-state index in [9.17, 15) is 5.11 Å². The second-order valence-corrected chi connectivity index (χ2v) is 12.5. The normalized spacial score (nSPS) is 51.8. The summed E-state index contributed by atoms with van der Waals surface area (Å²) in [5.74, 6) is 4.93. The molecule has 3 saturated carbocycles. The Bertz CT molecular complexity index is 552. The molecular weight excluding hydrogens is 344 g/mol. The second kappa shape index (κ2) is 6.48. The molecule has 1 N–H and O–H groups in total. The summed E-state index contributed by atoms with van der Waals surface area (Å²) in [5, 5.41) is 10.9. The van der Waals surface area contributed by atoms with Crippen LogP contribution in [0, 0.1) is 29.1 Å². The summed E-state index contributed by atoms with van der Waals surface area (Å²) in [5.41, 5.74) is 2.15. The summed E-state index contributed by atoms with van der Waals surface area (Å²) >= 11 is 0. The van der Waals surface area contributed by atoms with Crippen LogP contribution in [0.15, 0.2) is 11.6 Å². The summed E-state index contributed by atoms with van der Waals surface area (Å²) in [6, 6.07) is 0.